The Morgan fingerprint density at radius 3 is 2.59 bits per heavy atom. The summed E-state index contributed by atoms with van der Waals surface area (Å²) in [7, 11) is 0. The lowest BCUT2D eigenvalue weighted by Crippen LogP contribution is -2.30. The molecule has 0 spiro atoms. The van der Waals surface area contributed by atoms with Crippen LogP contribution in [0, 0.1) is 0 Å². The zero-order chi connectivity index (χ0) is 12.5. The monoisotopic (exact) mass is 234 g/mol. The van der Waals surface area contributed by atoms with Gasteiger partial charge >= 0.3 is 0 Å². The van der Waals surface area contributed by atoms with E-state index in [0.29, 0.717) is 6.61 Å². The molecule has 2 N–H and O–H groups in total. The van der Waals surface area contributed by atoms with Gasteiger partial charge in [-0.05, 0) is 5.56 Å². The third-order valence-corrected chi connectivity index (χ3v) is 2.29. The van der Waals surface area contributed by atoms with Gasteiger partial charge in [0.1, 0.15) is 12.2 Å². The molecule has 0 bridgehead atoms. The highest BCUT2D eigenvalue weighted by molar-refractivity contribution is 5.13. The third kappa shape index (κ3) is 4.95. The number of aliphatic hydroxyl groups excluding tert-OH is 2. The van der Waals surface area contributed by atoms with E-state index in [1.807, 2.05) is 30.3 Å². The molecule has 0 aromatic heterocycles. The Kier molecular flexibility index (Phi) is 6.25. The normalized spacial score (nSPS) is 14.7. The molecule has 92 valence electrons. The number of benzene rings is 1. The molecule has 0 aliphatic rings. The Labute approximate surface area is 102 Å². The minimum Gasteiger partial charge on any atom is -0.394 e. The highest BCUT2D eigenvalue weighted by atomic mass is 16.5. The third-order valence-electron chi connectivity index (χ3n) is 2.29. The number of aliphatic hydroxyl groups is 2. The van der Waals surface area contributed by atoms with Crippen molar-refractivity contribution in [1.29, 1.82) is 0 Å². The average molecular weight is 234 g/mol. The molecule has 0 saturated heterocycles. The molecular formula is C14H18O3. The molecular weight excluding hydrogens is 216 g/mol. The van der Waals surface area contributed by atoms with Crippen molar-refractivity contribution in [3.05, 3.63) is 60.7 Å². The van der Waals surface area contributed by atoms with Crippen molar-refractivity contribution in [3.8, 4) is 0 Å². The summed E-state index contributed by atoms with van der Waals surface area (Å²) in [4.78, 5) is 0. The van der Waals surface area contributed by atoms with Gasteiger partial charge in [0.25, 0.3) is 0 Å². The molecule has 0 aliphatic heterocycles. The summed E-state index contributed by atoms with van der Waals surface area (Å²) in [5.41, 5.74) is 1.02. The molecule has 17 heavy (non-hydrogen) atoms. The van der Waals surface area contributed by atoms with Crippen molar-refractivity contribution in [3.63, 3.8) is 0 Å². The van der Waals surface area contributed by atoms with Gasteiger partial charge < -0.3 is 14.9 Å². The zero-order valence-corrected chi connectivity index (χ0v) is 9.70. The SMILES string of the molecule is C=C/C=C/[C@@H](OCc1ccccc1)[C@@H](O)CO. The fourth-order valence-corrected chi connectivity index (χ4v) is 1.35. The second kappa shape index (κ2) is 7.79. The Bertz CT molecular complexity index is 346. The van der Waals surface area contributed by atoms with Crippen molar-refractivity contribution < 1.29 is 14.9 Å². The highest BCUT2D eigenvalue weighted by Crippen LogP contribution is 2.07. The lowest BCUT2D eigenvalue weighted by molar-refractivity contribution is -0.0405. The van der Waals surface area contributed by atoms with Gasteiger partial charge in [-0.3, -0.25) is 0 Å². The predicted octanol–water partition coefficient (Wildman–Crippen LogP) is 1.67. The number of hydrogen-bond donors (Lipinski definition) is 2. The summed E-state index contributed by atoms with van der Waals surface area (Å²) < 4.78 is 5.54. The summed E-state index contributed by atoms with van der Waals surface area (Å²) in [5.74, 6) is 0. The van der Waals surface area contributed by atoms with Crippen molar-refractivity contribution in [2.24, 2.45) is 0 Å². The van der Waals surface area contributed by atoms with Crippen LogP contribution in [0.15, 0.2) is 55.1 Å². The first-order valence-electron chi connectivity index (χ1n) is 5.51. The summed E-state index contributed by atoms with van der Waals surface area (Å²) >= 11 is 0. The zero-order valence-electron chi connectivity index (χ0n) is 9.70. The van der Waals surface area contributed by atoms with Gasteiger partial charge in [0.15, 0.2) is 0 Å². The second-order valence-corrected chi connectivity index (χ2v) is 3.63. The van der Waals surface area contributed by atoms with Gasteiger partial charge in [-0.25, -0.2) is 0 Å². The van der Waals surface area contributed by atoms with Crippen molar-refractivity contribution in [2.45, 2.75) is 18.8 Å². The van der Waals surface area contributed by atoms with Crippen LogP contribution in [0.5, 0.6) is 0 Å². The first-order chi connectivity index (χ1) is 8.27. The fraction of sp³-hybridized carbons (Fsp3) is 0.286. The summed E-state index contributed by atoms with van der Waals surface area (Å²) in [6.45, 7) is 3.61. The van der Waals surface area contributed by atoms with Crippen molar-refractivity contribution in [1.82, 2.24) is 0 Å². The average Bonchev–Trinajstić information content (AvgIpc) is 2.39. The standard InChI is InChI=1S/C14H18O3/c1-2-3-9-14(13(16)10-15)17-11-12-7-5-4-6-8-12/h2-9,13-16H,1,10-11H2/b9-3+/t13-,14+/m0/s1. The molecule has 0 unspecified atom stereocenters. The molecule has 0 amide bonds. The van der Waals surface area contributed by atoms with E-state index in [1.54, 1.807) is 18.2 Å². The number of ether oxygens (including phenoxy) is 1. The van der Waals surface area contributed by atoms with E-state index in [4.69, 9.17) is 9.84 Å². The molecule has 1 aromatic rings. The molecule has 0 saturated carbocycles. The maximum Gasteiger partial charge on any atom is 0.107 e. The Hall–Kier alpha value is -1.42. The molecule has 1 aromatic carbocycles. The highest BCUT2D eigenvalue weighted by Gasteiger charge is 2.15. The number of allylic oxidation sites excluding steroid dienone is 2. The quantitative estimate of drug-likeness (QED) is 0.705. The maximum atomic E-state index is 9.56. The first-order valence-corrected chi connectivity index (χ1v) is 5.51. The van der Waals surface area contributed by atoms with E-state index in [1.165, 1.54) is 0 Å². The van der Waals surface area contributed by atoms with E-state index in [2.05, 4.69) is 6.58 Å². The van der Waals surface area contributed by atoms with Gasteiger partial charge in [-0.1, -0.05) is 55.1 Å². The summed E-state index contributed by atoms with van der Waals surface area (Å²) in [5, 5.41) is 18.5. The van der Waals surface area contributed by atoms with Crippen LogP contribution in [0.3, 0.4) is 0 Å². The molecule has 0 radical (unpaired) electrons. The maximum absolute atomic E-state index is 9.56. The summed E-state index contributed by atoms with van der Waals surface area (Å²) in [6, 6.07) is 9.67. The summed E-state index contributed by atoms with van der Waals surface area (Å²) in [6.07, 6.45) is 3.52. The van der Waals surface area contributed by atoms with Crippen LogP contribution in [-0.4, -0.2) is 29.0 Å². The van der Waals surface area contributed by atoms with Crippen LogP contribution in [0.25, 0.3) is 0 Å². The van der Waals surface area contributed by atoms with E-state index in [-0.39, 0.29) is 6.61 Å². The van der Waals surface area contributed by atoms with Crippen LogP contribution in [-0.2, 0) is 11.3 Å². The lowest BCUT2D eigenvalue weighted by atomic mass is 10.2. The minimum atomic E-state index is -0.921. The van der Waals surface area contributed by atoms with Crippen LogP contribution >= 0.6 is 0 Å². The van der Waals surface area contributed by atoms with Crippen LogP contribution in [0.2, 0.25) is 0 Å². The van der Waals surface area contributed by atoms with Crippen LogP contribution < -0.4 is 0 Å². The van der Waals surface area contributed by atoms with Crippen molar-refractivity contribution >= 4 is 0 Å². The van der Waals surface area contributed by atoms with E-state index in [0.717, 1.165) is 5.56 Å². The van der Waals surface area contributed by atoms with Crippen LogP contribution in [0.4, 0.5) is 0 Å². The largest absolute Gasteiger partial charge is 0.394 e. The molecule has 3 nitrogen and oxygen atoms in total. The molecule has 3 heteroatoms. The lowest BCUT2D eigenvalue weighted by Gasteiger charge is -2.18. The molecule has 0 fully saturated rings. The van der Waals surface area contributed by atoms with Gasteiger partial charge in [0.05, 0.1) is 13.2 Å². The van der Waals surface area contributed by atoms with E-state index >= 15 is 0 Å². The van der Waals surface area contributed by atoms with Gasteiger partial charge in [-0.15, -0.1) is 0 Å². The smallest absolute Gasteiger partial charge is 0.107 e. The molecule has 0 aliphatic carbocycles. The first kappa shape index (κ1) is 13.6. The Morgan fingerprint density at radius 1 is 1.29 bits per heavy atom. The predicted molar refractivity (Wildman–Crippen MR) is 67.4 cm³/mol. The van der Waals surface area contributed by atoms with Crippen LogP contribution in [0.1, 0.15) is 5.56 Å². The number of rotatable bonds is 7. The Balaban J connectivity index is 2.54. The molecule has 0 heterocycles. The van der Waals surface area contributed by atoms with Gasteiger partial charge in [0.2, 0.25) is 0 Å². The Morgan fingerprint density at radius 2 is 2.00 bits per heavy atom. The molecule has 1 rings (SSSR count). The van der Waals surface area contributed by atoms with Gasteiger partial charge in [-0.2, -0.15) is 0 Å². The van der Waals surface area contributed by atoms with E-state index in [9.17, 15) is 5.11 Å². The van der Waals surface area contributed by atoms with Crippen molar-refractivity contribution in [2.75, 3.05) is 6.61 Å². The second-order valence-electron chi connectivity index (χ2n) is 3.63. The topological polar surface area (TPSA) is 49.7 Å². The molecule has 2 atom stereocenters. The van der Waals surface area contributed by atoms with E-state index < -0.39 is 12.2 Å². The van der Waals surface area contributed by atoms with Gasteiger partial charge in [0, 0.05) is 0 Å². The fourth-order valence-electron chi connectivity index (χ4n) is 1.35. The number of hydrogen-bond acceptors (Lipinski definition) is 3. The minimum absolute atomic E-state index is 0.332.